The monoisotopic (exact) mass is 370 g/mol. The standard InChI is InChI=1S/C17H19FN2O2S.ClH/c1-11-7-13(18)10-15(8-11)23(21,22)20-17-4-2-3-12-9-14(19)5-6-16(12)17;/h5-10,17,20H,2-4,19H2,1H3;1H. The van der Waals surface area contributed by atoms with Crippen LogP contribution in [-0.2, 0) is 16.4 Å². The van der Waals surface area contributed by atoms with Crippen molar-refractivity contribution in [1.82, 2.24) is 4.72 Å². The van der Waals surface area contributed by atoms with Crippen LogP contribution in [0.15, 0.2) is 41.3 Å². The van der Waals surface area contributed by atoms with Crippen molar-refractivity contribution in [2.24, 2.45) is 0 Å². The first-order chi connectivity index (χ1) is 10.8. The summed E-state index contributed by atoms with van der Waals surface area (Å²) in [7, 11) is -3.78. The van der Waals surface area contributed by atoms with Gasteiger partial charge in [0.05, 0.1) is 4.90 Å². The number of nitrogens with two attached hydrogens (primary N) is 1. The van der Waals surface area contributed by atoms with E-state index >= 15 is 0 Å². The summed E-state index contributed by atoms with van der Waals surface area (Å²) < 4.78 is 41.4. The molecule has 0 bridgehead atoms. The predicted molar refractivity (Wildman–Crippen MR) is 95.2 cm³/mol. The molecule has 1 atom stereocenters. The van der Waals surface area contributed by atoms with Gasteiger partial charge in [0, 0.05) is 11.7 Å². The highest BCUT2D eigenvalue weighted by Crippen LogP contribution is 2.32. The van der Waals surface area contributed by atoms with Crippen LogP contribution in [0.25, 0.3) is 0 Å². The Hall–Kier alpha value is -1.63. The van der Waals surface area contributed by atoms with Gasteiger partial charge in [-0.1, -0.05) is 6.07 Å². The molecule has 2 aromatic rings. The summed E-state index contributed by atoms with van der Waals surface area (Å²) in [5.74, 6) is -0.554. The molecule has 3 rings (SSSR count). The Balaban J connectivity index is 0.00000208. The fraction of sp³-hybridized carbons (Fsp3) is 0.294. The minimum Gasteiger partial charge on any atom is -0.399 e. The number of rotatable bonds is 3. The number of fused-ring (bicyclic) bond motifs is 1. The van der Waals surface area contributed by atoms with E-state index in [4.69, 9.17) is 5.73 Å². The second kappa shape index (κ2) is 7.09. The SMILES string of the molecule is Cc1cc(F)cc(S(=O)(=O)NC2CCCc3cc(N)ccc32)c1.Cl. The molecule has 0 saturated carbocycles. The molecule has 4 nitrogen and oxygen atoms in total. The number of hydrogen-bond donors (Lipinski definition) is 2. The van der Waals surface area contributed by atoms with Crippen molar-refractivity contribution < 1.29 is 12.8 Å². The Morgan fingerprint density at radius 1 is 1.21 bits per heavy atom. The Kier molecular flexibility index (Phi) is 5.52. The molecule has 2 aromatic carbocycles. The number of benzene rings is 2. The van der Waals surface area contributed by atoms with Crippen molar-refractivity contribution in [1.29, 1.82) is 0 Å². The van der Waals surface area contributed by atoms with Gasteiger partial charge in [0.1, 0.15) is 5.82 Å². The van der Waals surface area contributed by atoms with Gasteiger partial charge in [-0.3, -0.25) is 0 Å². The molecule has 0 spiro atoms. The first-order valence-corrected chi connectivity index (χ1v) is 9.01. The Labute approximate surface area is 147 Å². The van der Waals surface area contributed by atoms with E-state index in [1.54, 1.807) is 13.0 Å². The Bertz CT molecular complexity index is 835. The second-order valence-corrected chi connectivity index (χ2v) is 7.70. The van der Waals surface area contributed by atoms with E-state index in [9.17, 15) is 12.8 Å². The van der Waals surface area contributed by atoms with Gasteiger partial charge in [0.2, 0.25) is 10.0 Å². The van der Waals surface area contributed by atoms with E-state index in [2.05, 4.69) is 4.72 Å². The molecule has 1 aliphatic rings. The van der Waals surface area contributed by atoms with E-state index in [1.807, 2.05) is 12.1 Å². The maximum absolute atomic E-state index is 13.5. The van der Waals surface area contributed by atoms with Crippen molar-refractivity contribution in [2.75, 3.05) is 5.73 Å². The van der Waals surface area contributed by atoms with Crippen LogP contribution in [0.2, 0.25) is 0 Å². The summed E-state index contributed by atoms with van der Waals surface area (Å²) >= 11 is 0. The molecule has 0 heterocycles. The van der Waals surface area contributed by atoms with Gasteiger partial charge in [0.15, 0.2) is 0 Å². The molecular weight excluding hydrogens is 351 g/mol. The van der Waals surface area contributed by atoms with Gasteiger partial charge < -0.3 is 5.73 Å². The third-order valence-corrected chi connectivity index (χ3v) is 5.56. The third kappa shape index (κ3) is 3.88. The molecule has 1 unspecified atom stereocenters. The van der Waals surface area contributed by atoms with Crippen molar-refractivity contribution in [2.45, 2.75) is 37.1 Å². The lowest BCUT2D eigenvalue weighted by Gasteiger charge is -2.26. The number of aryl methyl sites for hydroxylation is 2. The summed E-state index contributed by atoms with van der Waals surface area (Å²) in [4.78, 5) is -0.0439. The van der Waals surface area contributed by atoms with Crippen molar-refractivity contribution in [3.8, 4) is 0 Å². The van der Waals surface area contributed by atoms with E-state index < -0.39 is 15.8 Å². The summed E-state index contributed by atoms with van der Waals surface area (Å²) in [6.07, 6.45) is 2.48. The molecule has 0 aliphatic heterocycles. The van der Waals surface area contributed by atoms with E-state index in [0.717, 1.165) is 30.0 Å². The van der Waals surface area contributed by atoms with Gasteiger partial charge in [-0.2, -0.15) is 0 Å². The van der Waals surface area contributed by atoms with Gasteiger partial charge in [-0.25, -0.2) is 17.5 Å². The van der Waals surface area contributed by atoms with Gasteiger partial charge in [-0.15, -0.1) is 12.4 Å². The maximum atomic E-state index is 13.5. The number of sulfonamides is 1. The molecule has 0 saturated heterocycles. The molecule has 0 radical (unpaired) electrons. The van der Waals surface area contributed by atoms with Crippen molar-refractivity contribution in [3.05, 3.63) is 58.9 Å². The Morgan fingerprint density at radius 3 is 2.67 bits per heavy atom. The largest absolute Gasteiger partial charge is 0.399 e. The van der Waals surface area contributed by atoms with E-state index in [1.165, 1.54) is 12.1 Å². The fourth-order valence-electron chi connectivity index (χ4n) is 3.07. The normalized spacial score (nSPS) is 17.0. The van der Waals surface area contributed by atoms with Crippen LogP contribution in [0.3, 0.4) is 0 Å². The molecule has 3 N–H and O–H groups in total. The zero-order chi connectivity index (χ0) is 16.6. The van der Waals surface area contributed by atoms with Crippen LogP contribution in [0.1, 0.15) is 35.6 Å². The summed E-state index contributed by atoms with van der Waals surface area (Å²) in [5.41, 5.74) is 9.06. The van der Waals surface area contributed by atoms with Gasteiger partial charge in [0.25, 0.3) is 0 Å². The predicted octanol–water partition coefficient (Wildman–Crippen LogP) is 3.49. The summed E-state index contributed by atoms with van der Waals surface area (Å²) in [6.45, 7) is 1.67. The summed E-state index contributed by atoms with van der Waals surface area (Å²) in [5, 5.41) is 0. The van der Waals surface area contributed by atoms with E-state index in [-0.39, 0.29) is 23.3 Å². The highest BCUT2D eigenvalue weighted by atomic mass is 35.5. The lowest BCUT2D eigenvalue weighted by Crippen LogP contribution is -2.31. The van der Waals surface area contributed by atoms with Gasteiger partial charge >= 0.3 is 0 Å². The average Bonchev–Trinajstić information content (AvgIpc) is 2.45. The molecule has 130 valence electrons. The zero-order valence-corrected chi connectivity index (χ0v) is 14.9. The minimum atomic E-state index is -3.78. The van der Waals surface area contributed by atoms with Crippen LogP contribution >= 0.6 is 12.4 Å². The number of hydrogen-bond acceptors (Lipinski definition) is 3. The van der Waals surface area contributed by atoms with Crippen LogP contribution in [-0.4, -0.2) is 8.42 Å². The third-order valence-electron chi connectivity index (χ3n) is 4.10. The maximum Gasteiger partial charge on any atom is 0.241 e. The van der Waals surface area contributed by atoms with Crippen molar-refractivity contribution >= 4 is 28.1 Å². The zero-order valence-electron chi connectivity index (χ0n) is 13.3. The number of halogens is 2. The number of anilines is 1. The fourth-order valence-corrected chi connectivity index (χ4v) is 4.43. The Morgan fingerprint density at radius 2 is 1.96 bits per heavy atom. The molecule has 0 aromatic heterocycles. The van der Waals surface area contributed by atoms with E-state index in [0.29, 0.717) is 17.7 Å². The molecule has 0 fully saturated rings. The van der Waals surface area contributed by atoms with Crippen LogP contribution in [0.5, 0.6) is 0 Å². The lowest BCUT2D eigenvalue weighted by atomic mass is 9.88. The highest BCUT2D eigenvalue weighted by molar-refractivity contribution is 7.89. The lowest BCUT2D eigenvalue weighted by molar-refractivity contribution is 0.506. The molecule has 0 amide bonds. The molecular formula is C17H20ClFN2O2S. The first-order valence-electron chi connectivity index (χ1n) is 7.53. The van der Waals surface area contributed by atoms with Crippen LogP contribution in [0, 0.1) is 12.7 Å². The van der Waals surface area contributed by atoms with Crippen LogP contribution in [0.4, 0.5) is 10.1 Å². The smallest absolute Gasteiger partial charge is 0.241 e. The topological polar surface area (TPSA) is 72.2 Å². The van der Waals surface area contributed by atoms with Crippen LogP contribution < -0.4 is 10.5 Å². The van der Waals surface area contributed by atoms with Crippen molar-refractivity contribution in [3.63, 3.8) is 0 Å². The highest BCUT2D eigenvalue weighted by Gasteiger charge is 2.26. The number of nitrogen functional groups attached to an aromatic ring is 1. The average molecular weight is 371 g/mol. The molecule has 1 aliphatic carbocycles. The number of nitrogens with one attached hydrogen (secondary N) is 1. The second-order valence-electron chi connectivity index (χ2n) is 5.99. The quantitative estimate of drug-likeness (QED) is 0.812. The first kappa shape index (κ1) is 18.7. The molecule has 24 heavy (non-hydrogen) atoms. The minimum absolute atomic E-state index is 0. The summed E-state index contributed by atoms with van der Waals surface area (Å²) in [6, 6.07) is 9.04. The van der Waals surface area contributed by atoms with Gasteiger partial charge in [-0.05, 0) is 73.2 Å². The molecule has 7 heteroatoms.